The summed E-state index contributed by atoms with van der Waals surface area (Å²) >= 11 is 0. The van der Waals surface area contributed by atoms with Crippen LogP contribution in [-0.4, -0.2) is 36.9 Å². The maximum absolute atomic E-state index is 12.8. The molecule has 92 valence electrons. The number of morpholine rings is 1. The van der Waals surface area contributed by atoms with Crippen LogP contribution in [0.1, 0.15) is 6.42 Å². The second kappa shape index (κ2) is 5.14. The van der Waals surface area contributed by atoms with Gasteiger partial charge in [-0.05, 0) is 24.3 Å². The van der Waals surface area contributed by atoms with E-state index in [2.05, 4.69) is 0 Å². The van der Waals surface area contributed by atoms with Crippen molar-refractivity contribution in [1.82, 2.24) is 0 Å². The molecule has 1 aliphatic rings. The summed E-state index contributed by atoms with van der Waals surface area (Å²) in [5.74, 6) is -1.15. The molecule has 2 rings (SSSR count). The Morgan fingerprint density at radius 3 is 2.82 bits per heavy atom. The van der Waals surface area contributed by atoms with E-state index in [0.717, 1.165) is 5.69 Å². The van der Waals surface area contributed by atoms with Crippen molar-refractivity contribution in [3.63, 3.8) is 0 Å². The highest BCUT2D eigenvalue weighted by Crippen LogP contribution is 2.21. The molecule has 1 fully saturated rings. The van der Waals surface area contributed by atoms with Crippen molar-refractivity contribution < 1.29 is 19.0 Å². The van der Waals surface area contributed by atoms with Gasteiger partial charge in [0.25, 0.3) is 0 Å². The second-order valence-corrected chi connectivity index (χ2v) is 4.00. The van der Waals surface area contributed by atoms with E-state index in [1.165, 1.54) is 12.1 Å². The van der Waals surface area contributed by atoms with Gasteiger partial charge < -0.3 is 14.7 Å². The van der Waals surface area contributed by atoms with Crippen molar-refractivity contribution in [3.8, 4) is 0 Å². The number of rotatable bonds is 3. The first-order chi connectivity index (χ1) is 8.16. The molecule has 0 spiro atoms. The van der Waals surface area contributed by atoms with Gasteiger partial charge >= 0.3 is 5.97 Å². The Labute approximate surface area is 98.6 Å². The minimum Gasteiger partial charge on any atom is -0.481 e. The largest absolute Gasteiger partial charge is 0.481 e. The van der Waals surface area contributed by atoms with Crippen LogP contribution in [0.25, 0.3) is 0 Å². The van der Waals surface area contributed by atoms with E-state index in [1.807, 2.05) is 4.90 Å². The Bertz CT molecular complexity index is 393. The fourth-order valence-electron chi connectivity index (χ4n) is 2.00. The fourth-order valence-corrected chi connectivity index (χ4v) is 2.00. The first-order valence-electron chi connectivity index (χ1n) is 5.48. The van der Waals surface area contributed by atoms with Gasteiger partial charge in [-0.15, -0.1) is 0 Å². The normalized spacial score (nSPS) is 20.3. The number of ether oxygens (including phenoxy) is 1. The number of carboxylic acid groups (broad SMARTS) is 1. The van der Waals surface area contributed by atoms with Crippen LogP contribution in [-0.2, 0) is 9.53 Å². The van der Waals surface area contributed by atoms with E-state index in [9.17, 15) is 9.18 Å². The number of hydrogen-bond donors (Lipinski definition) is 1. The maximum Gasteiger partial charge on any atom is 0.305 e. The SMILES string of the molecule is O=C(O)CC1COCCN1c1ccc(F)cc1. The highest BCUT2D eigenvalue weighted by atomic mass is 19.1. The van der Waals surface area contributed by atoms with Crippen LogP contribution in [0.4, 0.5) is 10.1 Å². The van der Waals surface area contributed by atoms with Crippen LogP contribution in [0.2, 0.25) is 0 Å². The fraction of sp³-hybridized carbons (Fsp3) is 0.417. The summed E-state index contributed by atoms with van der Waals surface area (Å²) in [6, 6.07) is 5.89. The van der Waals surface area contributed by atoms with Crippen LogP contribution >= 0.6 is 0 Å². The van der Waals surface area contributed by atoms with Crippen molar-refractivity contribution in [2.45, 2.75) is 12.5 Å². The molecule has 1 aliphatic heterocycles. The van der Waals surface area contributed by atoms with Gasteiger partial charge in [0.2, 0.25) is 0 Å². The third kappa shape index (κ3) is 2.94. The van der Waals surface area contributed by atoms with Crippen LogP contribution < -0.4 is 4.90 Å². The Kier molecular flexibility index (Phi) is 3.58. The summed E-state index contributed by atoms with van der Waals surface area (Å²) in [5, 5.41) is 8.83. The summed E-state index contributed by atoms with van der Waals surface area (Å²) in [4.78, 5) is 12.7. The molecule has 1 aromatic rings. The zero-order chi connectivity index (χ0) is 12.3. The number of hydrogen-bond acceptors (Lipinski definition) is 3. The van der Waals surface area contributed by atoms with Crippen LogP contribution in [0.3, 0.4) is 0 Å². The smallest absolute Gasteiger partial charge is 0.305 e. The lowest BCUT2D eigenvalue weighted by Gasteiger charge is -2.36. The number of carboxylic acids is 1. The van der Waals surface area contributed by atoms with Gasteiger partial charge in [0.15, 0.2) is 0 Å². The Morgan fingerprint density at radius 1 is 1.47 bits per heavy atom. The molecule has 1 N–H and O–H groups in total. The molecule has 4 nitrogen and oxygen atoms in total. The summed E-state index contributed by atoms with van der Waals surface area (Å²) < 4.78 is 18.1. The lowest BCUT2D eigenvalue weighted by molar-refractivity contribution is -0.138. The van der Waals surface area contributed by atoms with Crippen molar-refractivity contribution in [2.24, 2.45) is 0 Å². The lowest BCUT2D eigenvalue weighted by atomic mass is 10.1. The first kappa shape index (κ1) is 11.9. The van der Waals surface area contributed by atoms with Crippen molar-refractivity contribution in [1.29, 1.82) is 0 Å². The van der Waals surface area contributed by atoms with E-state index in [0.29, 0.717) is 19.8 Å². The molecule has 17 heavy (non-hydrogen) atoms. The first-order valence-corrected chi connectivity index (χ1v) is 5.48. The van der Waals surface area contributed by atoms with E-state index in [-0.39, 0.29) is 18.3 Å². The van der Waals surface area contributed by atoms with E-state index in [4.69, 9.17) is 9.84 Å². The number of carbonyl (C=O) groups is 1. The molecular formula is C12H14FNO3. The molecule has 1 atom stereocenters. The van der Waals surface area contributed by atoms with Crippen LogP contribution in [0.15, 0.2) is 24.3 Å². The number of anilines is 1. The summed E-state index contributed by atoms with van der Waals surface area (Å²) in [7, 11) is 0. The van der Waals surface area contributed by atoms with E-state index in [1.54, 1.807) is 12.1 Å². The molecular weight excluding hydrogens is 225 g/mol. The van der Waals surface area contributed by atoms with Gasteiger partial charge in [-0.1, -0.05) is 0 Å². The average molecular weight is 239 g/mol. The Balaban J connectivity index is 2.15. The monoisotopic (exact) mass is 239 g/mol. The predicted octanol–water partition coefficient (Wildman–Crippen LogP) is 1.51. The van der Waals surface area contributed by atoms with E-state index >= 15 is 0 Å². The molecule has 0 amide bonds. The van der Waals surface area contributed by atoms with Crippen molar-refractivity contribution in [2.75, 3.05) is 24.7 Å². The number of nitrogens with zero attached hydrogens (tertiary/aromatic N) is 1. The molecule has 1 aromatic carbocycles. The Morgan fingerprint density at radius 2 is 2.18 bits per heavy atom. The molecule has 5 heteroatoms. The van der Waals surface area contributed by atoms with E-state index < -0.39 is 5.97 Å². The molecule has 1 heterocycles. The van der Waals surface area contributed by atoms with Gasteiger partial charge in [-0.3, -0.25) is 4.79 Å². The standard InChI is InChI=1S/C12H14FNO3/c13-9-1-3-10(4-2-9)14-5-6-17-8-11(14)7-12(15)16/h1-4,11H,5-8H2,(H,15,16). The average Bonchev–Trinajstić information content (AvgIpc) is 2.30. The minimum atomic E-state index is -0.854. The molecule has 1 saturated heterocycles. The predicted molar refractivity (Wildman–Crippen MR) is 60.6 cm³/mol. The molecule has 0 aliphatic carbocycles. The highest BCUT2D eigenvalue weighted by molar-refractivity contribution is 5.68. The topological polar surface area (TPSA) is 49.8 Å². The highest BCUT2D eigenvalue weighted by Gasteiger charge is 2.25. The van der Waals surface area contributed by atoms with Gasteiger partial charge in [0.1, 0.15) is 5.82 Å². The van der Waals surface area contributed by atoms with Crippen molar-refractivity contribution >= 4 is 11.7 Å². The lowest BCUT2D eigenvalue weighted by Crippen LogP contribution is -2.46. The number of aliphatic carboxylic acids is 1. The third-order valence-electron chi connectivity index (χ3n) is 2.80. The minimum absolute atomic E-state index is 0.0252. The second-order valence-electron chi connectivity index (χ2n) is 4.00. The van der Waals surface area contributed by atoms with Crippen LogP contribution in [0, 0.1) is 5.82 Å². The maximum atomic E-state index is 12.8. The van der Waals surface area contributed by atoms with Gasteiger partial charge in [0, 0.05) is 12.2 Å². The molecule has 0 saturated carbocycles. The van der Waals surface area contributed by atoms with Crippen molar-refractivity contribution in [3.05, 3.63) is 30.1 Å². The molecule has 0 bridgehead atoms. The van der Waals surface area contributed by atoms with Crippen LogP contribution in [0.5, 0.6) is 0 Å². The summed E-state index contributed by atoms with van der Waals surface area (Å²) in [6.07, 6.45) is 0.0252. The Hall–Kier alpha value is -1.62. The third-order valence-corrected chi connectivity index (χ3v) is 2.80. The zero-order valence-corrected chi connectivity index (χ0v) is 9.30. The number of benzene rings is 1. The molecule has 0 radical (unpaired) electrons. The zero-order valence-electron chi connectivity index (χ0n) is 9.30. The van der Waals surface area contributed by atoms with Gasteiger partial charge in [0.05, 0.1) is 25.7 Å². The van der Waals surface area contributed by atoms with Gasteiger partial charge in [-0.25, -0.2) is 4.39 Å². The van der Waals surface area contributed by atoms with Gasteiger partial charge in [-0.2, -0.15) is 0 Å². The number of halogens is 1. The quantitative estimate of drug-likeness (QED) is 0.868. The molecule has 1 unspecified atom stereocenters. The summed E-state index contributed by atoms with van der Waals surface area (Å²) in [5.41, 5.74) is 0.834. The molecule has 0 aromatic heterocycles. The summed E-state index contributed by atoms with van der Waals surface area (Å²) in [6.45, 7) is 1.58.